The first-order chi connectivity index (χ1) is 19.7. The fraction of sp³-hybridized carbons (Fsp3) is 0.594. The summed E-state index contributed by atoms with van der Waals surface area (Å²) in [5.74, 6) is 0.868. The molecule has 0 unspecified atom stereocenters. The van der Waals surface area contributed by atoms with E-state index in [-0.39, 0.29) is 11.8 Å². The maximum Gasteiger partial charge on any atom is 0.410 e. The van der Waals surface area contributed by atoms with Crippen molar-refractivity contribution in [2.45, 2.75) is 77.5 Å². The smallest absolute Gasteiger partial charge is 0.410 e. The van der Waals surface area contributed by atoms with E-state index in [4.69, 9.17) is 4.74 Å². The summed E-state index contributed by atoms with van der Waals surface area (Å²) in [7, 11) is 0. The number of para-hydroxylation sites is 1. The van der Waals surface area contributed by atoms with E-state index in [2.05, 4.69) is 38.0 Å². The minimum Gasteiger partial charge on any atom is -0.507 e. The van der Waals surface area contributed by atoms with Crippen molar-refractivity contribution in [3.63, 3.8) is 0 Å². The highest BCUT2D eigenvalue weighted by Gasteiger charge is 2.35. The molecule has 0 spiro atoms. The van der Waals surface area contributed by atoms with Gasteiger partial charge in [-0.25, -0.2) is 4.79 Å². The molecule has 0 bridgehead atoms. The fourth-order valence-corrected chi connectivity index (χ4v) is 7.08. The molecule has 2 aromatic heterocycles. The van der Waals surface area contributed by atoms with E-state index < -0.39 is 5.60 Å². The molecular weight excluding hydrogens is 516 g/mol. The molecule has 41 heavy (non-hydrogen) atoms. The molecule has 2 saturated heterocycles. The number of nitrogens with zero attached hydrogens (tertiary/aromatic N) is 5. The molecule has 220 valence electrons. The Morgan fingerprint density at radius 3 is 2.49 bits per heavy atom. The predicted octanol–water partition coefficient (Wildman–Crippen LogP) is 5.36. The number of phenols is 1. The lowest BCUT2D eigenvalue weighted by atomic mass is 9.91. The minimum absolute atomic E-state index is 0.174. The number of rotatable bonds is 4. The SMILES string of the molecule is C[C@@H]1c2c([nH]c3nnc(-c4ccccc4O)cc23)CCN1C1CCN(CC2CCN(C(=O)OC(C)(C)C)CC2)CC1. The Balaban J connectivity index is 1.06. The molecule has 1 amide bonds. The van der Waals surface area contributed by atoms with Gasteiger partial charge in [-0.3, -0.25) is 4.90 Å². The van der Waals surface area contributed by atoms with E-state index in [1.54, 1.807) is 6.07 Å². The van der Waals surface area contributed by atoms with Crippen molar-refractivity contribution in [1.29, 1.82) is 0 Å². The number of H-pyrrole nitrogens is 1. The van der Waals surface area contributed by atoms with Gasteiger partial charge in [0.05, 0.1) is 5.69 Å². The Kier molecular flexibility index (Phi) is 7.68. The van der Waals surface area contributed by atoms with Crippen LogP contribution < -0.4 is 0 Å². The van der Waals surface area contributed by atoms with E-state index >= 15 is 0 Å². The van der Waals surface area contributed by atoms with Crippen LogP contribution in [0.5, 0.6) is 5.75 Å². The van der Waals surface area contributed by atoms with Crippen molar-refractivity contribution in [1.82, 2.24) is 29.9 Å². The molecule has 6 rings (SSSR count). The van der Waals surface area contributed by atoms with Crippen LogP contribution in [0.3, 0.4) is 0 Å². The average Bonchev–Trinajstić information content (AvgIpc) is 3.32. The van der Waals surface area contributed by atoms with Crippen LogP contribution in [0.1, 0.15) is 70.7 Å². The molecular formula is C32H44N6O3. The van der Waals surface area contributed by atoms with Gasteiger partial charge < -0.3 is 24.6 Å². The number of ether oxygens (including phenoxy) is 1. The first-order valence-corrected chi connectivity index (χ1v) is 15.3. The van der Waals surface area contributed by atoms with Gasteiger partial charge in [0.25, 0.3) is 0 Å². The van der Waals surface area contributed by atoms with Gasteiger partial charge >= 0.3 is 6.09 Å². The standard InChI is InChI=1S/C32H44N6O3/c1-21-29-25-19-27(24-7-5-6-8-28(24)39)34-35-30(25)33-26(29)13-18-38(21)23-11-14-36(15-12-23)20-22-9-16-37(17-10-22)31(40)41-32(2,3)4/h5-8,19,21-23,39H,9-18,20H2,1-4H3,(H,33,35)/t21-/m1/s1. The minimum atomic E-state index is -0.441. The summed E-state index contributed by atoms with van der Waals surface area (Å²) >= 11 is 0. The molecule has 0 aliphatic carbocycles. The van der Waals surface area contributed by atoms with Gasteiger partial charge in [-0.1, -0.05) is 12.1 Å². The second-order valence-electron chi connectivity index (χ2n) is 13.1. The molecule has 9 heteroatoms. The number of phenolic OH excluding ortho intramolecular Hbond substituents is 1. The van der Waals surface area contributed by atoms with Crippen LogP contribution in [-0.2, 0) is 11.2 Å². The van der Waals surface area contributed by atoms with Crippen molar-refractivity contribution in [3.05, 3.63) is 41.6 Å². The van der Waals surface area contributed by atoms with Crippen LogP contribution in [-0.4, -0.2) is 92.0 Å². The lowest BCUT2D eigenvalue weighted by molar-refractivity contribution is 0.0153. The monoisotopic (exact) mass is 560 g/mol. The van der Waals surface area contributed by atoms with Crippen molar-refractivity contribution < 1.29 is 14.6 Å². The number of piperidine rings is 2. The molecule has 9 nitrogen and oxygen atoms in total. The quantitative estimate of drug-likeness (QED) is 0.443. The molecule has 1 aromatic carbocycles. The van der Waals surface area contributed by atoms with Gasteiger partial charge in [0.15, 0.2) is 5.65 Å². The van der Waals surface area contributed by atoms with Crippen molar-refractivity contribution >= 4 is 17.1 Å². The molecule has 3 aliphatic rings. The third-order valence-electron chi connectivity index (χ3n) is 9.20. The largest absolute Gasteiger partial charge is 0.507 e. The number of nitrogens with one attached hydrogen (secondary N) is 1. The van der Waals surface area contributed by atoms with Gasteiger partial charge in [-0.05, 0) is 96.1 Å². The fourth-order valence-electron chi connectivity index (χ4n) is 7.08. The highest BCUT2D eigenvalue weighted by molar-refractivity contribution is 5.86. The van der Waals surface area contributed by atoms with Crippen molar-refractivity contribution in [3.8, 4) is 17.0 Å². The topological polar surface area (TPSA) is 97.8 Å². The third-order valence-corrected chi connectivity index (χ3v) is 9.20. The Bertz CT molecular complexity index is 1380. The number of likely N-dealkylation sites (tertiary alicyclic amines) is 2. The Labute approximate surface area is 242 Å². The number of aromatic amines is 1. The lowest BCUT2D eigenvalue weighted by Gasteiger charge is -2.44. The second-order valence-corrected chi connectivity index (χ2v) is 13.1. The summed E-state index contributed by atoms with van der Waals surface area (Å²) < 4.78 is 5.57. The van der Waals surface area contributed by atoms with E-state index in [1.165, 1.54) is 24.1 Å². The second kappa shape index (κ2) is 11.2. The van der Waals surface area contributed by atoms with E-state index in [9.17, 15) is 9.90 Å². The summed E-state index contributed by atoms with van der Waals surface area (Å²) in [6.45, 7) is 14.1. The van der Waals surface area contributed by atoms with E-state index in [1.807, 2.05) is 43.9 Å². The zero-order valence-electron chi connectivity index (χ0n) is 24.9. The molecule has 0 radical (unpaired) electrons. The predicted molar refractivity (Wildman–Crippen MR) is 160 cm³/mol. The highest BCUT2D eigenvalue weighted by atomic mass is 16.6. The molecule has 2 fully saturated rings. The number of benzene rings is 1. The first kappa shape index (κ1) is 28.0. The number of fused-ring (bicyclic) bond motifs is 3. The number of hydrogen-bond acceptors (Lipinski definition) is 7. The summed E-state index contributed by atoms with van der Waals surface area (Å²) in [6.07, 6.45) is 5.28. The third kappa shape index (κ3) is 5.93. The van der Waals surface area contributed by atoms with Crippen LogP contribution >= 0.6 is 0 Å². The van der Waals surface area contributed by atoms with Crippen LogP contribution in [0.4, 0.5) is 4.79 Å². The van der Waals surface area contributed by atoms with Gasteiger partial charge in [0.1, 0.15) is 11.4 Å². The molecule has 3 aromatic rings. The van der Waals surface area contributed by atoms with Gasteiger partial charge in [-0.15, -0.1) is 10.2 Å². The number of carbonyl (C=O) groups excluding carboxylic acids is 1. The zero-order valence-corrected chi connectivity index (χ0v) is 24.9. The Morgan fingerprint density at radius 1 is 1.05 bits per heavy atom. The Morgan fingerprint density at radius 2 is 1.78 bits per heavy atom. The van der Waals surface area contributed by atoms with E-state index in [0.29, 0.717) is 29.3 Å². The number of carbonyl (C=O) groups is 1. The maximum absolute atomic E-state index is 12.4. The number of hydrogen-bond donors (Lipinski definition) is 2. The average molecular weight is 561 g/mol. The highest BCUT2D eigenvalue weighted by Crippen LogP contribution is 2.39. The van der Waals surface area contributed by atoms with Gasteiger partial charge in [-0.2, -0.15) is 0 Å². The van der Waals surface area contributed by atoms with Crippen LogP contribution in [0.2, 0.25) is 0 Å². The normalized spacial score (nSPS) is 21.8. The number of aromatic hydroxyl groups is 1. The number of aromatic nitrogens is 3. The summed E-state index contributed by atoms with van der Waals surface area (Å²) in [6, 6.07) is 10.3. The molecule has 3 aliphatic heterocycles. The van der Waals surface area contributed by atoms with Crippen LogP contribution in [0.25, 0.3) is 22.3 Å². The van der Waals surface area contributed by atoms with Crippen molar-refractivity contribution in [2.24, 2.45) is 5.92 Å². The van der Waals surface area contributed by atoms with Gasteiger partial charge in [0, 0.05) is 61.3 Å². The molecule has 2 N–H and O–H groups in total. The molecule has 5 heterocycles. The molecule has 0 saturated carbocycles. The lowest BCUT2D eigenvalue weighted by Crippen LogP contribution is -2.49. The zero-order chi connectivity index (χ0) is 28.7. The number of amides is 1. The summed E-state index contributed by atoms with van der Waals surface area (Å²) in [5, 5.41) is 20.4. The summed E-state index contributed by atoms with van der Waals surface area (Å²) in [5.41, 5.74) is 4.39. The van der Waals surface area contributed by atoms with Crippen molar-refractivity contribution in [2.75, 3.05) is 39.3 Å². The summed E-state index contributed by atoms with van der Waals surface area (Å²) in [4.78, 5) is 23.2. The van der Waals surface area contributed by atoms with Crippen LogP contribution in [0.15, 0.2) is 30.3 Å². The van der Waals surface area contributed by atoms with Gasteiger partial charge in [0.2, 0.25) is 0 Å². The van der Waals surface area contributed by atoms with E-state index in [0.717, 1.165) is 69.6 Å². The first-order valence-electron chi connectivity index (χ1n) is 15.3. The Hall–Kier alpha value is -3.17. The van der Waals surface area contributed by atoms with Crippen LogP contribution in [0, 0.1) is 5.92 Å². The maximum atomic E-state index is 12.4. The molecule has 1 atom stereocenters.